The van der Waals surface area contributed by atoms with Gasteiger partial charge in [-0.15, -0.1) is 6.58 Å². The summed E-state index contributed by atoms with van der Waals surface area (Å²) in [7, 11) is 4.80. The van der Waals surface area contributed by atoms with Gasteiger partial charge in [0.1, 0.15) is 30.1 Å². The highest BCUT2D eigenvalue weighted by molar-refractivity contribution is 5.89. The van der Waals surface area contributed by atoms with E-state index in [0.717, 1.165) is 5.57 Å². The summed E-state index contributed by atoms with van der Waals surface area (Å²) in [6.45, 7) is 15.4. The second-order valence-electron chi connectivity index (χ2n) is 17.9. The van der Waals surface area contributed by atoms with Gasteiger partial charge in [-0.3, -0.25) is 9.59 Å². The van der Waals surface area contributed by atoms with Gasteiger partial charge < -0.3 is 48.6 Å². The standard InChI is InChI=1S/C46H75NO12/c1-11-15-33-21-27(3)20-28(4)22-39(55-9)42-40(56-10)24-30(6)43(58-42)46(53,57-12-2)45(52)47-19-14-13-16-34(47)44(51)59-41(31(7)36(49)26-37(33)50)29(5)23-32-17-18-35(48)38(25-32)54-8/h11,21,23,28,30-36,38-43,48-49,53H,1,12-20,22,24-26H2,2-10H3/b27-21+,29-23+/t28-,30+,31+,32-,33+,34-,35+,36-,38+,39-,40-,41+,42+,43?,46?/m0/s1. The van der Waals surface area contributed by atoms with Crippen LogP contribution in [0.2, 0.25) is 0 Å². The molecule has 3 heterocycles. The number of esters is 1. The van der Waals surface area contributed by atoms with Crippen molar-refractivity contribution in [1.82, 2.24) is 4.90 Å². The molecule has 4 aliphatic rings. The highest BCUT2D eigenvalue weighted by Crippen LogP contribution is 2.39. The molecule has 3 fully saturated rings. The number of nitrogens with zero attached hydrogens (tertiary/aromatic N) is 1. The quantitative estimate of drug-likeness (QED) is 0.152. The number of cyclic esters (lactones) is 1. The van der Waals surface area contributed by atoms with E-state index in [-0.39, 0.29) is 49.2 Å². The Kier molecular flexibility index (Phi) is 18.8. The third kappa shape index (κ3) is 12.1. The van der Waals surface area contributed by atoms with Crippen molar-refractivity contribution in [2.24, 2.45) is 29.6 Å². The zero-order valence-electron chi connectivity index (χ0n) is 37.2. The lowest BCUT2D eigenvalue weighted by Gasteiger charge is -2.49. The van der Waals surface area contributed by atoms with Crippen molar-refractivity contribution in [2.75, 3.05) is 34.5 Å². The summed E-state index contributed by atoms with van der Waals surface area (Å²) in [5.41, 5.74) is 1.69. The Balaban J connectivity index is 1.82. The molecule has 1 amide bonds. The van der Waals surface area contributed by atoms with Gasteiger partial charge in [0.15, 0.2) is 0 Å². The van der Waals surface area contributed by atoms with Crippen LogP contribution in [0.1, 0.15) is 112 Å². The molecule has 13 nitrogen and oxygen atoms in total. The van der Waals surface area contributed by atoms with Gasteiger partial charge in [-0.1, -0.05) is 44.6 Å². The highest BCUT2D eigenvalue weighted by atomic mass is 16.7. The molecule has 3 N–H and O–H groups in total. The van der Waals surface area contributed by atoms with Gasteiger partial charge in [-0.05, 0) is 108 Å². The first-order chi connectivity index (χ1) is 28.0. The number of hydrogen-bond acceptors (Lipinski definition) is 12. The maximum Gasteiger partial charge on any atom is 0.329 e. The van der Waals surface area contributed by atoms with Crippen LogP contribution < -0.4 is 0 Å². The highest BCUT2D eigenvalue weighted by Gasteiger charge is 2.57. The molecule has 59 heavy (non-hydrogen) atoms. The molecule has 336 valence electrons. The SMILES string of the molecule is C=CC[C@@H]1/C=C(\C)C[C@H](C)C[C@H](OC)[C@H]2OC([C@H](C)C[C@@H]2OC)C(O)(OCC)C(=O)N2CCCC[C@H]2C(=O)O[C@H](/C(C)=C/[C@@H]2CC[C@@H](O)[C@H](OC)C2)[C@H](C)[C@@H](O)CC1=O. The molecule has 1 aliphatic carbocycles. The van der Waals surface area contributed by atoms with Gasteiger partial charge in [0.05, 0.1) is 30.5 Å². The summed E-state index contributed by atoms with van der Waals surface area (Å²) in [5, 5.41) is 34.8. The predicted molar refractivity (Wildman–Crippen MR) is 223 cm³/mol. The molecule has 0 aromatic rings. The molecule has 1 saturated carbocycles. The Morgan fingerprint density at radius 3 is 2.27 bits per heavy atom. The second kappa shape index (κ2) is 22.6. The number of piperidine rings is 1. The van der Waals surface area contributed by atoms with Crippen molar-refractivity contribution >= 4 is 17.7 Å². The van der Waals surface area contributed by atoms with E-state index in [4.69, 9.17) is 28.4 Å². The second-order valence-corrected chi connectivity index (χ2v) is 17.9. The number of hydrogen-bond donors (Lipinski definition) is 3. The number of aliphatic hydroxyl groups excluding tert-OH is 2. The van der Waals surface area contributed by atoms with Gasteiger partial charge in [-0.2, -0.15) is 0 Å². The Hall–Kier alpha value is -2.49. The van der Waals surface area contributed by atoms with Crippen LogP contribution in [0.3, 0.4) is 0 Å². The van der Waals surface area contributed by atoms with Gasteiger partial charge in [0.25, 0.3) is 11.7 Å². The lowest BCUT2D eigenvalue weighted by Crippen LogP contribution is -2.67. The molecular formula is C46H75NO12. The third-order valence-electron chi connectivity index (χ3n) is 13.3. The smallest absolute Gasteiger partial charge is 0.329 e. The summed E-state index contributed by atoms with van der Waals surface area (Å²) < 4.78 is 36.7. The van der Waals surface area contributed by atoms with Crippen LogP contribution in [-0.4, -0.2) is 133 Å². The van der Waals surface area contributed by atoms with E-state index in [1.807, 2.05) is 32.9 Å². The van der Waals surface area contributed by atoms with Crippen molar-refractivity contribution in [2.45, 2.75) is 173 Å². The van der Waals surface area contributed by atoms with Crippen molar-refractivity contribution < 1.29 is 58.1 Å². The average molecular weight is 834 g/mol. The lowest BCUT2D eigenvalue weighted by atomic mass is 9.81. The lowest BCUT2D eigenvalue weighted by molar-refractivity contribution is -0.305. The molecule has 13 heteroatoms. The van der Waals surface area contributed by atoms with Crippen LogP contribution in [0.4, 0.5) is 0 Å². The molecule has 2 unspecified atom stereocenters. The summed E-state index contributed by atoms with van der Waals surface area (Å²) >= 11 is 0. The first-order valence-electron chi connectivity index (χ1n) is 22.0. The van der Waals surface area contributed by atoms with Crippen LogP contribution in [0.25, 0.3) is 0 Å². The average Bonchev–Trinajstić information content (AvgIpc) is 3.21. The predicted octanol–water partition coefficient (Wildman–Crippen LogP) is 5.48. The first-order valence-corrected chi connectivity index (χ1v) is 22.0. The van der Waals surface area contributed by atoms with Gasteiger partial charge in [0.2, 0.25) is 0 Å². The normalized spacial score (nSPS) is 41.2. The molecular weight excluding hydrogens is 759 g/mol. The minimum absolute atomic E-state index is 0.00164. The summed E-state index contributed by atoms with van der Waals surface area (Å²) in [6.07, 6.45) is 5.27. The van der Waals surface area contributed by atoms with Crippen LogP contribution >= 0.6 is 0 Å². The number of carbonyl (C=O) groups is 3. The van der Waals surface area contributed by atoms with Crippen molar-refractivity contribution in [3.63, 3.8) is 0 Å². The van der Waals surface area contributed by atoms with E-state index in [9.17, 15) is 29.7 Å². The number of rotatable bonds is 9. The number of aliphatic hydroxyl groups is 3. The molecule has 0 radical (unpaired) electrons. The van der Waals surface area contributed by atoms with E-state index in [0.29, 0.717) is 69.8 Å². The number of Topliss-reactive ketones (excluding diaryl/α,β-unsaturated/α-hetero) is 1. The number of methoxy groups -OCH3 is 3. The number of amides is 1. The summed E-state index contributed by atoms with van der Waals surface area (Å²) in [5.74, 6) is -5.54. The minimum atomic E-state index is -2.44. The van der Waals surface area contributed by atoms with Crippen molar-refractivity contribution in [3.05, 3.63) is 36.0 Å². The van der Waals surface area contributed by atoms with Gasteiger partial charge in [-0.25, -0.2) is 4.79 Å². The molecule has 3 aliphatic heterocycles. The zero-order chi connectivity index (χ0) is 43.6. The number of fused-ring (bicyclic) bond motifs is 3. The number of allylic oxidation sites excluding steroid dienone is 4. The Morgan fingerprint density at radius 2 is 1.63 bits per heavy atom. The molecule has 2 bridgehead atoms. The van der Waals surface area contributed by atoms with Gasteiger partial charge in [0, 0.05) is 52.7 Å². The summed E-state index contributed by atoms with van der Waals surface area (Å²) in [4.78, 5) is 44.7. The van der Waals surface area contributed by atoms with E-state index < -0.39 is 78.3 Å². The van der Waals surface area contributed by atoms with E-state index >= 15 is 0 Å². The van der Waals surface area contributed by atoms with Crippen molar-refractivity contribution in [1.29, 1.82) is 0 Å². The minimum Gasteiger partial charge on any atom is -0.456 e. The Labute approximate surface area is 352 Å². The van der Waals surface area contributed by atoms with Crippen molar-refractivity contribution in [3.8, 4) is 0 Å². The fourth-order valence-electron chi connectivity index (χ4n) is 10.0. The molecule has 0 aromatic carbocycles. The number of ketones is 1. The maximum absolute atomic E-state index is 14.9. The number of carbonyl (C=O) groups excluding carboxylic acids is 3. The fourth-order valence-corrected chi connectivity index (χ4v) is 10.0. The molecule has 0 spiro atoms. The van der Waals surface area contributed by atoms with Crippen LogP contribution in [0, 0.1) is 29.6 Å². The molecule has 0 aromatic heterocycles. The van der Waals surface area contributed by atoms with Crippen LogP contribution in [0.15, 0.2) is 36.0 Å². The first kappa shape index (κ1) is 49.2. The maximum atomic E-state index is 14.9. The Bertz CT molecular complexity index is 1470. The zero-order valence-corrected chi connectivity index (χ0v) is 37.2. The third-order valence-corrected chi connectivity index (χ3v) is 13.3. The Morgan fingerprint density at radius 1 is 0.949 bits per heavy atom. The summed E-state index contributed by atoms with van der Waals surface area (Å²) in [6, 6.07) is -1.06. The molecule has 2 saturated heterocycles. The molecule has 15 atom stereocenters. The van der Waals surface area contributed by atoms with Gasteiger partial charge >= 0.3 is 5.97 Å². The van der Waals surface area contributed by atoms with Crippen LogP contribution in [-0.2, 0) is 42.8 Å². The monoisotopic (exact) mass is 834 g/mol. The largest absolute Gasteiger partial charge is 0.456 e. The van der Waals surface area contributed by atoms with Crippen LogP contribution in [0.5, 0.6) is 0 Å². The number of ether oxygens (including phenoxy) is 6. The topological polar surface area (TPSA) is 171 Å². The van der Waals surface area contributed by atoms with E-state index in [1.54, 1.807) is 41.3 Å². The molecule has 4 rings (SSSR count). The van der Waals surface area contributed by atoms with E-state index in [2.05, 4.69) is 13.5 Å². The van der Waals surface area contributed by atoms with E-state index in [1.165, 1.54) is 4.90 Å². The fraction of sp³-hybridized carbons (Fsp3) is 0.804.